The van der Waals surface area contributed by atoms with Gasteiger partial charge in [0.25, 0.3) is 0 Å². The molecule has 0 saturated heterocycles. The third-order valence-electron chi connectivity index (χ3n) is 5.60. The molecule has 6 heteroatoms. The number of benzene rings is 2. The third kappa shape index (κ3) is 2.17. The first-order valence-electron chi connectivity index (χ1n) is 9.21. The number of nitrogens with zero attached hydrogens (tertiary/aromatic N) is 2. The van der Waals surface area contributed by atoms with Gasteiger partial charge in [-0.3, -0.25) is 4.98 Å². The molecule has 0 N–H and O–H groups in total. The minimum absolute atomic E-state index is 0.257. The maximum atomic E-state index is 5.77. The van der Waals surface area contributed by atoms with Crippen molar-refractivity contribution in [3.8, 4) is 34.3 Å². The monoisotopic (exact) mass is 378 g/mol. The topological polar surface area (TPSA) is 53.1 Å². The van der Waals surface area contributed by atoms with E-state index in [1.54, 1.807) is 14.2 Å². The Morgan fingerprint density at radius 1 is 0.964 bits per heavy atom. The molecule has 0 fully saturated rings. The zero-order valence-corrected chi connectivity index (χ0v) is 16.7. The minimum Gasteiger partial charge on any atom is -0.493 e. The second-order valence-corrected chi connectivity index (χ2v) is 7.33. The normalized spacial score (nSPS) is 13.5. The Hall–Kier alpha value is -3.15. The summed E-state index contributed by atoms with van der Waals surface area (Å²) in [6, 6.07) is 6.14. The van der Waals surface area contributed by atoms with E-state index in [-0.39, 0.29) is 6.79 Å². The van der Waals surface area contributed by atoms with Crippen LogP contribution in [0.1, 0.15) is 16.8 Å². The number of pyridine rings is 1. The highest BCUT2D eigenvalue weighted by molar-refractivity contribution is 5.98. The SMILES string of the molecule is COc1cc2c(C)nc3c(c2cc1OC)Cc1c-3cc2c(c1N(C)C)OCO2. The lowest BCUT2D eigenvalue weighted by molar-refractivity contribution is 0.174. The van der Waals surface area contributed by atoms with Crippen LogP contribution in [0.4, 0.5) is 5.69 Å². The van der Waals surface area contributed by atoms with Gasteiger partial charge in [0.15, 0.2) is 23.0 Å². The molecule has 0 amide bonds. The fraction of sp³-hybridized carbons (Fsp3) is 0.318. The molecule has 0 atom stereocenters. The summed E-state index contributed by atoms with van der Waals surface area (Å²) in [5, 5.41) is 2.22. The molecule has 3 aromatic rings. The van der Waals surface area contributed by atoms with Crippen LogP contribution in [0.15, 0.2) is 18.2 Å². The van der Waals surface area contributed by atoms with Gasteiger partial charge >= 0.3 is 0 Å². The van der Waals surface area contributed by atoms with Crippen LogP contribution in [0.5, 0.6) is 23.0 Å². The summed E-state index contributed by atoms with van der Waals surface area (Å²) in [5.41, 5.74) is 6.57. The van der Waals surface area contributed by atoms with Crippen molar-refractivity contribution in [2.75, 3.05) is 40.0 Å². The van der Waals surface area contributed by atoms with Crippen molar-refractivity contribution >= 4 is 16.5 Å². The van der Waals surface area contributed by atoms with Gasteiger partial charge in [-0.1, -0.05) is 0 Å². The van der Waals surface area contributed by atoms with Crippen LogP contribution in [-0.2, 0) is 6.42 Å². The van der Waals surface area contributed by atoms with Crippen LogP contribution < -0.4 is 23.8 Å². The Bertz CT molecular complexity index is 1140. The molecule has 2 aromatic carbocycles. The summed E-state index contributed by atoms with van der Waals surface area (Å²) in [6.07, 6.45) is 0.786. The number of rotatable bonds is 3. The molecule has 28 heavy (non-hydrogen) atoms. The minimum atomic E-state index is 0.257. The van der Waals surface area contributed by atoms with Gasteiger partial charge in [0.1, 0.15) is 0 Å². The van der Waals surface area contributed by atoms with Crippen LogP contribution >= 0.6 is 0 Å². The summed E-state index contributed by atoms with van der Waals surface area (Å²) < 4.78 is 22.5. The molecular formula is C22H22N2O4. The lowest BCUT2D eigenvalue weighted by Crippen LogP contribution is -2.12. The molecule has 0 bridgehead atoms. The van der Waals surface area contributed by atoms with Crippen molar-refractivity contribution in [1.29, 1.82) is 0 Å². The summed E-state index contributed by atoms with van der Waals surface area (Å²) in [6.45, 7) is 2.29. The number of ether oxygens (including phenoxy) is 4. The van der Waals surface area contributed by atoms with Crippen molar-refractivity contribution in [3.05, 3.63) is 35.0 Å². The van der Waals surface area contributed by atoms with Gasteiger partial charge in [-0.2, -0.15) is 0 Å². The van der Waals surface area contributed by atoms with E-state index in [1.807, 2.05) is 27.1 Å². The lowest BCUT2D eigenvalue weighted by Gasteiger charge is -2.19. The van der Waals surface area contributed by atoms with Gasteiger partial charge in [-0.05, 0) is 41.6 Å². The fourth-order valence-corrected chi connectivity index (χ4v) is 4.36. The van der Waals surface area contributed by atoms with Crippen LogP contribution in [0.3, 0.4) is 0 Å². The summed E-state index contributed by atoms with van der Waals surface area (Å²) in [5.74, 6) is 3.03. The molecule has 0 saturated carbocycles. The zero-order valence-electron chi connectivity index (χ0n) is 16.7. The molecular weight excluding hydrogens is 356 g/mol. The quantitative estimate of drug-likeness (QED) is 0.538. The van der Waals surface area contributed by atoms with Crippen molar-refractivity contribution < 1.29 is 18.9 Å². The Kier molecular flexibility index (Phi) is 3.59. The molecule has 1 aliphatic carbocycles. The van der Waals surface area contributed by atoms with E-state index in [2.05, 4.69) is 17.0 Å². The number of hydrogen-bond donors (Lipinski definition) is 0. The summed E-state index contributed by atoms with van der Waals surface area (Å²) in [4.78, 5) is 7.06. The van der Waals surface area contributed by atoms with Gasteiger partial charge < -0.3 is 23.8 Å². The van der Waals surface area contributed by atoms with Crippen LogP contribution in [-0.4, -0.2) is 40.1 Å². The number of aromatic nitrogens is 1. The van der Waals surface area contributed by atoms with E-state index in [9.17, 15) is 0 Å². The second-order valence-electron chi connectivity index (χ2n) is 7.33. The molecule has 0 unspecified atom stereocenters. The van der Waals surface area contributed by atoms with Gasteiger partial charge in [0.05, 0.1) is 25.6 Å². The Balaban J connectivity index is 1.82. The van der Waals surface area contributed by atoms with Gasteiger partial charge in [0, 0.05) is 37.2 Å². The maximum Gasteiger partial charge on any atom is 0.231 e. The van der Waals surface area contributed by atoms with Gasteiger partial charge in [0.2, 0.25) is 6.79 Å². The first-order chi connectivity index (χ1) is 13.5. The summed E-state index contributed by atoms with van der Waals surface area (Å²) in [7, 11) is 7.38. The number of anilines is 1. The van der Waals surface area contributed by atoms with Crippen molar-refractivity contribution in [2.45, 2.75) is 13.3 Å². The van der Waals surface area contributed by atoms with Crippen molar-refractivity contribution in [1.82, 2.24) is 4.98 Å². The van der Waals surface area contributed by atoms with E-state index in [1.165, 1.54) is 11.1 Å². The highest BCUT2D eigenvalue weighted by Gasteiger charge is 2.32. The molecule has 2 aliphatic rings. The number of methoxy groups -OCH3 is 2. The van der Waals surface area contributed by atoms with E-state index in [4.69, 9.17) is 23.9 Å². The van der Waals surface area contributed by atoms with Crippen LogP contribution in [0.25, 0.3) is 22.0 Å². The lowest BCUT2D eigenvalue weighted by atomic mass is 10.0. The molecule has 1 aromatic heterocycles. The third-order valence-corrected chi connectivity index (χ3v) is 5.60. The molecule has 0 spiro atoms. The van der Waals surface area contributed by atoms with Crippen LogP contribution in [0.2, 0.25) is 0 Å². The molecule has 144 valence electrons. The molecule has 1 aliphatic heterocycles. The smallest absolute Gasteiger partial charge is 0.231 e. The number of aryl methyl sites for hydroxylation is 1. The Labute approximate surface area is 163 Å². The zero-order chi connectivity index (χ0) is 19.6. The standard InChI is InChI=1S/C22H22N2O4/c1-11-12-7-17(25-4)18(26-5)8-13(12)14-6-16-15(20(14)23-11)9-19-22(28-10-27-19)21(16)24(2)3/h7-9H,6,10H2,1-5H3. The van der Waals surface area contributed by atoms with Crippen molar-refractivity contribution in [3.63, 3.8) is 0 Å². The van der Waals surface area contributed by atoms with E-state index in [0.29, 0.717) is 5.75 Å². The Morgan fingerprint density at radius 2 is 1.68 bits per heavy atom. The van der Waals surface area contributed by atoms with E-state index in [0.717, 1.165) is 57.1 Å². The largest absolute Gasteiger partial charge is 0.493 e. The highest BCUT2D eigenvalue weighted by Crippen LogP contribution is 2.52. The average Bonchev–Trinajstić information content (AvgIpc) is 3.29. The predicted octanol–water partition coefficient (Wildman–Crippen LogP) is 3.93. The highest BCUT2D eigenvalue weighted by atomic mass is 16.7. The van der Waals surface area contributed by atoms with E-state index < -0.39 is 0 Å². The van der Waals surface area contributed by atoms with Gasteiger partial charge in [-0.15, -0.1) is 0 Å². The first-order valence-corrected chi connectivity index (χ1v) is 9.21. The second kappa shape index (κ2) is 5.92. The molecule has 2 heterocycles. The predicted molar refractivity (Wildman–Crippen MR) is 108 cm³/mol. The summed E-state index contributed by atoms with van der Waals surface area (Å²) >= 11 is 0. The van der Waals surface area contributed by atoms with E-state index >= 15 is 0 Å². The van der Waals surface area contributed by atoms with Gasteiger partial charge in [-0.25, -0.2) is 0 Å². The fourth-order valence-electron chi connectivity index (χ4n) is 4.36. The first kappa shape index (κ1) is 17.0. The van der Waals surface area contributed by atoms with Crippen molar-refractivity contribution in [2.24, 2.45) is 0 Å². The molecule has 5 rings (SSSR count). The number of fused-ring (bicyclic) bond motifs is 6. The van der Waals surface area contributed by atoms with Crippen LogP contribution in [0, 0.1) is 6.92 Å². The molecule has 0 radical (unpaired) electrons. The average molecular weight is 378 g/mol. The number of hydrogen-bond acceptors (Lipinski definition) is 6. The Morgan fingerprint density at radius 3 is 2.36 bits per heavy atom. The maximum absolute atomic E-state index is 5.77. The molecule has 6 nitrogen and oxygen atoms in total.